The number of Topliss-reactive ketones (excluding diaryl/α,β-unsaturated/α-hetero) is 1. The SMILES string of the molecule is Cc1nnn(-c2ccc(F)cc2)c1COc1cnc(C(=O)CC(C)C)cn1. The minimum Gasteiger partial charge on any atom is -0.470 e. The van der Waals surface area contributed by atoms with E-state index in [1.54, 1.807) is 16.8 Å². The fourth-order valence-corrected chi connectivity index (χ4v) is 2.48. The summed E-state index contributed by atoms with van der Waals surface area (Å²) in [6.45, 7) is 5.92. The lowest BCUT2D eigenvalue weighted by Crippen LogP contribution is -2.09. The van der Waals surface area contributed by atoms with Crippen molar-refractivity contribution in [3.8, 4) is 11.6 Å². The molecule has 0 aliphatic rings. The van der Waals surface area contributed by atoms with Crippen LogP contribution in [0.25, 0.3) is 5.69 Å². The van der Waals surface area contributed by atoms with Gasteiger partial charge in [0, 0.05) is 6.42 Å². The van der Waals surface area contributed by atoms with E-state index in [0.717, 1.165) is 0 Å². The molecule has 8 heteroatoms. The van der Waals surface area contributed by atoms with Gasteiger partial charge in [-0.2, -0.15) is 0 Å². The van der Waals surface area contributed by atoms with Crippen molar-refractivity contribution in [1.82, 2.24) is 25.0 Å². The molecule has 0 saturated heterocycles. The van der Waals surface area contributed by atoms with Crippen LogP contribution in [-0.2, 0) is 6.61 Å². The third-order valence-corrected chi connectivity index (χ3v) is 3.89. The lowest BCUT2D eigenvalue weighted by Gasteiger charge is -2.09. The minimum absolute atomic E-state index is 0.0431. The molecule has 0 fully saturated rings. The highest BCUT2D eigenvalue weighted by molar-refractivity contribution is 5.94. The van der Waals surface area contributed by atoms with Gasteiger partial charge in [-0.3, -0.25) is 4.79 Å². The van der Waals surface area contributed by atoms with E-state index in [0.29, 0.717) is 35.1 Å². The molecule has 3 aromatic rings. The van der Waals surface area contributed by atoms with Crippen LogP contribution in [0, 0.1) is 18.7 Å². The van der Waals surface area contributed by atoms with E-state index < -0.39 is 0 Å². The molecular weight excluding hydrogens is 349 g/mol. The number of aromatic nitrogens is 5. The molecule has 2 aromatic heterocycles. The molecule has 140 valence electrons. The van der Waals surface area contributed by atoms with E-state index in [1.807, 2.05) is 20.8 Å². The fourth-order valence-electron chi connectivity index (χ4n) is 2.48. The van der Waals surface area contributed by atoms with Crippen LogP contribution in [0.5, 0.6) is 5.88 Å². The lowest BCUT2D eigenvalue weighted by molar-refractivity contribution is 0.0962. The summed E-state index contributed by atoms with van der Waals surface area (Å²) in [5, 5.41) is 8.13. The van der Waals surface area contributed by atoms with Crippen molar-refractivity contribution in [1.29, 1.82) is 0 Å². The van der Waals surface area contributed by atoms with Crippen LogP contribution in [0.4, 0.5) is 4.39 Å². The molecule has 0 spiro atoms. The number of carbonyl (C=O) groups is 1. The third kappa shape index (κ3) is 4.52. The first-order valence-corrected chi connectivity index (χ1v) is 8.59. The average Bonchev–Trinajstić information content (AvgIpc) is 3.01. The normalized spacial score (nSPS) is 11.0. The molecule has 3 rings (SSSR count). The summed E-state index contributed by atoms with van der Waals surface area (Å²) in [6.07, 6.45) is 3.27. The van der Waals surface area contributed by atoms with Crippen LogP contribution in [0.15, 0.2) is 36.7 Å². The zero-order valence-corrected chi connectivity index (χ0v) is 15.4. The highest BCUT2D eigenvalue weighted by Crippen LogP contribution is 2.16. The number of halogens is 1. The van der Waals surface area contributed by atoms with Gasteiger partial charge in [-0.05, 0) is 37.1 Å². The number of ketones is 1. The topological polar surface area (TPSA) is 82.8 Å². The maximum absolute atomic E-state index is 13.1. The van der Waals surface area contributed by atoms with Gasteiger partial charge >= 0.3 is 0 Å². The van der Waals surface area contributed by atoms with Crippen LogP contribution >= 0.6 is 0 Å². The third-order valence-electron chi connectivity index (χ3n) is 3.89. The summed E-state index contributed by atoms with van der Waals surface area (Å²) in [6, 6.07) is 5.94. The zero-order chi connectivity index (χ0) is 19.4. The molecule has 27 heavy (non-hydrogen) atoms. The van der Waals surface area contributed by atoms with E-state index in [1.165, 1.54) is 24.5 Å². The first-order valence-electron chi connectivity index (χ1n) is 8.59. The second kappa shape index (κ2) is 8.03. The molecule has 0 saturated carbocycles. The Balaban J connectivity index is 1.71. The number of ether oxygens (including phenoxy) is 1. The van der Waals surface area contributed by atoms with Crippen molar-refractivity contribution in [3.05, 3.63) is 59.6 Å². The van der Waals surface area contributed by atoms with E-state index in [4.69, 9.17) is 4.74 Å². The van der Waals surface area contributed by atoms with E-state index in [2.05, 4.69) is 20.3 Å². The van der Waals surface area contributed by atoms with Gasteiger partial charge in [-0.15, -0.1) is 5.10 Å². The van der Waals surface area contributed by atoms with Crippen molar-refractivity contribution < 1.29 is 13.9 Å². The summed E-state index contributed by atoms with van der Waals surface area (Å²) in [5.74, 6) is 0.189. The van der Waals surface area contributed by atoms with Crippen LogP contribution in [-0.4, -0.2) is 30.7 Å². The van der Waals surface area contributed by atoms with Gasteiger partial charge in [0.2, 0.25) is 5.88 Å². The number of benzene rings is 1. The highest BCUT2D eigenvalue weighted by atomic mass is 19.1. The second-order valence-electron chi connectivity index (χ2n) is 6.56. The predicted molar refractivity (Wildman–Crippen MR) is 96.2 cm³/mol. The molecule has 0 N–H and O–H groups in total. The largest absolute Gasteiger partial charge is 0.470 e. The molecule has 0 aliphatic carbocycles. The summed E-state index contributed by atoms with van der Waals surface area (Å²) < 4.78 is 20.4. The fraction of sp³-hybridized carbons (Fsp3) is 0.316. The average molecular weight is 369 g/mol. The number of rotatable bonds is 7. The molecule has 0 atom stereocenters. The van der Waals surface area contributed by atoms with Crippen LogP contribution in [0.3, 0.4) is 0 Å². The summed E-state index contributed by atoms with van der Waals surface area (Å²) in [7, 11) is 0. The van der Waals surface area contributed by atoms with Gasteiger partial charge in [0.1, 0.15) is 23.8 Å². The molecule has 1 aromatic carbocycles. The van der Waals surface area contributed by atoms with Crippen molar-refractivity contribution in [3.63, 3.8) is 0 Å². The Kier molecular flexibility index (Phi) is 5.54. The van der Waals surface area contributed by atoms with E-state index in [-0.39, 0.29) is 24.1 Å². The molecule has 0 radical (unpaired) electrons. The number of hydrogen-bond donors (Lipinski definition) is 0. The molecule has 2 heterocycles. The van der Waals surface area contributed by atoms with Gasteiger partial charge < -0.3 is 4.74 Å². The zero-order valence-electron chi connectivity index (χ0n) is 15.4. The smallest absolute Gasteiger partial charge is 0.232 e. The van der Waals surface area contributed by atoms with Crippen molar-refractivity contribution in [2.75, 3.05) is 0 Å². The van der Waals surface area contributed by atoms with Crippen LogP contribution in [0.1, 0.15) is 42.1 Å². The van der Waals surface area contributed by atoms with Gasteiger partial charge in [-0.25, -0.2) is 19.0 Å². The monoisotopic (exact) mass is 369 g/mol. The summed E-state index contributed by atoms with van der Waals surface area (Å²) in [5.41, 5.74) is 2.40. The number of carbonyl (C=O) groups excluding carboxylic acids is 1. The van der Waals surface area contributed by atoms with E-state index in [9.17, 15) is 9.18 Å². The Labute approximate surface area is 156 Å². The van der Waals surface area contributed by atoms with Crippen molar-refractivity contribution >= 4 is 5.78 Å². The van der Waals surface area contributed by atoms with Crippen molar-refractivity contribution in [2.45, 2.75) is 33.8 Å². The first kappa shape index (κ1) is 18.6. The summed E-state index contributed by atoms with van der Waals surface area (Å²) in [4.78, 5) is 20.3. The standard InChI is InChI=1S/C19H20FN5O2/c1-12(2)8-18(26)16-9-22-19(10-21-16)27-11-17-13(3)23-24-25(17)15-6-4-14(20)5-7-15/h4-7,9-10,12H,8,11H2,1-3H3. The Morgan fingerprint density at radius 1 is 1.19 bits per heavy atom. The molecule has 0 bridgehead atoms. The maximum atomic E-state index is 13.1. The number of hydrogen-bond acceptors (Lipinski definition) is 6. The maximum Gasteiger partial charge on any atom is 0.232 e. The quantitative estimate of drug-likeness (QED) is 0.594. The lowest BCUT2D eigenvalue weighted by atomic mass is 10.1. The highest BCUT2D eigenvalue weighted by Gasteiger charge is 2.14. The summed E-state index contributed by atoms with van der Waals surface area (Å²) >= 11 is 0. The van der Waals surface area contributed by atoms with Gasteiger partial charge in [0.05, 0.1) is 23.8 Å². The minimum atomic E-state index is -0.323. The first-order chi connectivity index (χ1) is 12.9. The number of nitrogens with zero attached hydrogens (tertiary/aromatic N) is 5. The van der Waals surface area contributed by atoms with Gasteiger partial charge in [0.15, 0.2) is 5.78 Å². The second-order valence-corrected chi connectivity index (χ2v) is 6.56. The molecular formula is C19H20FN5O2. The van der Waals surface area contributed by atoms with Crippen LogP contribution < -0.4 is 4.74 Å². The Morgan fingerprint density at radius 2 is 1.93 bits per heavy atom. The Morgan fingerprint density at radius 3 is 2.56 bits per heavy atom. The molecule has 7 nitrogen and oxygen atoms in total. The molecule has 0 unspecified atom stereocenters. The van der Waals surface area contributed by atoms with Gasteiger partial charge in [0.25, 0.3) is 0 Å². The Hall–Kier alpha value is -3.16. The molecule has 0 aliphatic heterocycles. The van der Waals surface area contributed by atoms with Crippen molar-refractivity contribution in [2.24, 2.45) is 5.92 Å². The Bertz CT molecular complexity index is 920. The van der Waals surface area contributed by atoms with Crippen LogP contribution in [0.2, 0.25) is 0 Å². The molecule has 0 amide bonds. The van der Waals surface area contributed by atoms with E-state index >= 15 is 0 Å². The number of aryl methyl sites for hydroxylation is 1. The van der Waals surface area contributed by atoms with Gasteiger partial charge in [-0.1, -0.05) is 19.1 Å². The predicted octanol–water partition coefficient (Wildman–Crippen LogP) is 3.31.